The summed E-state index contributed by atoms with van der Waals surface area (Å²) in [6, 6.07) is 3.90. The van der Waals surface area contributed by atoms with Crippen molar-refractivity contribution in [3.63, 3.8) is 0 Å². The summed E-state index contributed by atoms with van der Waals surface area (Å²) in [5, 5.41) is 9.23. The molecule has 0 spiro atoms. The Labute approximate surface area is 150 Å². The fourth-order valence-corrected chi connectivity index (χ4v) is 3.21. The van der Waals surface area contributed by atoms with Crippen LogP contribution in [0.25, 0.3) is 0 Å². The summed E-state index contributed by atoms with van der Waals surface area (Å²) < 4.78 is 13.0. The van der Waals surface area contributed by atoms with Gasteiger partial charge in [0.2, 0.25) is 0 Å². The predicted octanol–water partition coefficient (Wildman–Crippen LogP) is 3.08. The molecule has 0 bridgehead atoms. The predicted molar refractivity (Wildman–Crippen MR) is 91.1 cm³/mol. The van der Waals surface area contributed by atoms with Crippen LogP contribution in [-0.4, -0.2) is 31.2 Å². The van der Waals surface area contributed by atoms with Gasteiger partial charge < -0.3 is 13.7 Å². The number of ether oxygens (including phenoxy) is 1. The molecule has 4 heterocycles. The molecule has 1 aliphatic heterocycles. The van der Waals surface area contributed by atoms with Crippen LogP contribution in [-0.2, 0) is 19.7 Å². The zero-order chi connectivity index (χ0) is 17.2. The van der Waals surface area contributed by atoms with Crippen LogP contribution in [0.1, 0.15) is 30.2 Å². The van der Waals surface area contributed by atoms with Crippen LogP contribution in [0.2, 0.25) is 5.02 Å². The average molecular weight is 360 g/mol. The van der Waals surface area contributed by atoms with E-state index in [0.29, 0.717) is 17.4 Å². The summed E-state index contributed by atoms with van der Waals surface area (Å²) >= 11 is 5.93. The Kier molecular flexibility index (Phi) is 4.42. The molecule has 3 aromatic rings. The molecule has 4 rings (SSSR count). The van der Waals surface area contributed by atoms with E-state index in [1.165, 1.54) is 0 Å². The van der Waals surface area contributed by atoms with Crippen molar-refractivity contribution in [1.82, 2.24) is 24.6 Å². The molecule has 0 N–H and O–H groups in total. The van der Waals surface area contributed by atoms with Crippen molar-refractivity contribution >= 4 is 11.6 Å². The highest BCUT2D eigenvalue weighted by molar-refractivity contribution is 6.30. The van der Waals surface area contributed by atoms with Gasteiger partial charge in [0.05, 0.1) is 29.8 Å². The second-order valence-corrected chi connectivity index (χ2v) is 6.47. The average Bonchev–Trinajstić information content (AvgIpc) is 3.26. The number of halogens is 1. The first-order chi connectivity index (χ1) is 12.2. The van der Waals surface area contributed by atoms with Crippen molar-refractivity contribution in [2.24, 2.45) is 0 Å². The molecule has 7 nitrogen and oxygen atoms in total. The van der Waals surface area contributed by atoms with Crippen LogP contribution in [0.15, 0.2) is 41.5 Å². The number of nitrogens with zero attached hydrogens (tertiary/aromatic N) is 5. The maximum absolute atomic E-state index is 5.93. The summed E-state index contributed by atoms with van der Waals surface area (Å²) in [5.74, 6) is 2.39. The molecule has 1 unspecified atom stereocenters. The minimum absolute atomic E-state index is 0.178. The highest BCUT2D eigenvalue weighted by Crippen LogP contribution is 2.26. The Morgan fingerprint density at radius 2 is 2.24 bits per heavy atom. The molecule has 3 aromatic heterocycles. The van der Waals surface area contributed by atoms with Gasteiger partial charge in [-0.1, -0.05) is 11.6 Å². The standard InChI is InChI=1S/C17H18ClN5O2/c1-12-17-21-20-16(11-25-15-6-14(18)7-19-8-15)23(17)4-3-22(12)9-13-2-5-24-10-13/h2,5-8,10,12H,3-4,9,11H2,1H3. The molecular formula is C17H18ClN5O2. The topological polar surface area (TPSA) is 69.2 Å². The highest BCUT2D eigenvalue weighted by Gasteiger charge is 2.28. The quantitative estimate of drug-likeness (QED) is 0.697. The van der Waals surface area contributed by atoms with Crippen molar-refractivity contribution < 1.29 is 9.15 Å². The van der Waals surface area contributed by atoms with Crippen LogP contribution in [0.4, 0.5) is 0 Å². The molecule has 0 saturated heterocycles. The Morgan fingerprint density at radius 1 is 1.32 bits per heavy atom. The Balaban J connectivity index is 1.46. The first-order valence-electron chi connectivity index (χ1n) is 8.11. The molecule has 1 aliphatic rings. The van der Waals surface area contributed by atoms with Gasteiger partial charge in [-0.25, -0.2) is 0 Å². The van der Waals surface area contributed by atoms with Crippen molar-refractivity contribution in [3.05, 3.63) is 59.3 Å². The van der Waals surface area contributed by atoms with E-state index in [4.69, 9.17) is 20.8 Å². The second kappa shape index (κ2) is 6.85. The van der Waals surface area contributed by atoms with Crippen LogP contribution in [0.3, 0.4) is 0 Å². The van der Waals surface area contributed by atoms with Gasteiger partial charge in [-0.15, -0.1) is 10.2 Å². The zero-order valence-electron chi connectivity index (χ0n) is 13.8. The largest absolute Gasteiger partial charge is 0.484 e. The fraction of sp³-hybridized carbons (Fsp3) is 0.353. The smallest absolute Gasteiger partial charge is 0.171 e. The van der Waals surface area contributed by atoms with Gasteiger partial charge in [0.25, 0.3) is 0 Å². The SMILES string of the molecule is CC1c2nnc(COc3cncc(Cl)c3)n2CCN1Cc1ccoc1. The third kappa shape index (κ3) is 3.38. The summed E-state index contributed by atoms with van der Waals surface area (Å²) in [5.41, 5.74) is 1.16. The Morgan fingerprint density at radius 3 is 3.04 bits per heavy atom. The van der Waals surface area contributed by atoms with E-state index in [-0.39, 0.29) is 6.04 Å². The lowest BCUT2D eigenvalue weighted by atomic mass is 10.2. The van der Waals surface area contributed by atoms with E-state index in [0.717, 1.165) is 36.8 Å². The molecule has 0 saturated carbocycles. The third-order valence-electron chi connectivity index (χ3n) is 4.40. The lowest BCUT2D eigenvalue weighted by molar-refractivity contribution is 0.152. The monoisotopic (exact) mass is 359 g/mol. The van der Waals surface area contributed by atoms with E-state index in [1.807, 2.05) is 6.07 Å². The highest BCUT2D eigenvalue weighted by atomic mass is 35.5. The maximum Gasteiger partial charge on any atom is 0.171 e. The second-order valence-electron chi connectivity index (χ2n) is 6.03. The van der Waals surface area contributed by atoms with E-state index in [2.05, 4.69) is 31.6 Å². The summed E-state index contributed by atoms with van der Waals surface area (Å²) in [7, 11) is 0. The van der Waals surface area contributed by atoms with Crippen LogP contribution in [0.5, 0.6) is 5.75 Å². The number of pyridine rings is 1. The lowest BCUT2D eigenvalue weighted by Gasteiger charge is -2.33. The molecule has 25 heavy (non-hydrogen) atoms. The number of hydrogen-bond acceptors (Lipinski definition) is 6. The number of fused-ring (bicyclic) bond motifs is 1. The Hall–Kier alpha value is -2.38. The van der Waals surface area contributed by atoms with Crippen molar-refractivity contribution in [2.45, 2.75) is 32.7 Å². The third-order valence-corrected chi connectivity index (χ3v) is 4.61. The summed E-state index contributed by atoms with van der Waals surface area (Å²) in [4.78, 5) is 6.38. The molecule has 130 valence electrons. The molecule has 0 aliphatic carbocycles. The van der Waals surface area contributed by atoms with E-state index >= 15 is 0 Å². The number of aromatic nitrogens is 4. The molecular weight excluding hydrogens is 342 g/mol. The molecule has 0 radical (unpaired) electrons. The van der Waals surface area contributed by atoms with E-state index < -0.39 is 0 Å². The van der Waals surface area contributed by atoms with Gasteiger partial charge in [-0.2, -0.15) is 0 Å². The van der Waals surface area contributed by atoms with Crippen molar-refractivity contribution in [1.29, 1.82) is 0 Å². The van der Waals surface area contributed by atoms with Gasteiger partial charge in [0.1, 0.15) is 18.2 Å². The first-order valence-corrected chi connectivity index (χ1v) is 8.49. The number of furan rings is 1. The van der Waals surface area contributed by atoms with Gasteiger partial charge in [-0.05, 0) is 13.0 Å². The van der Waals surface area contributed by atoms with Crippen LogP contribution >= 0.6 is 11.6 Å². The van der Waals surface area contributed by atoms with Crippen LogP contribution < -0.4 is 4.74 Å². The molecule has 0 fully saturated rings. The Bertz CT molecular complexity index is 849. The van der Waals surface area contributed by atoms with E-state index in [1.54, 1.807) is 31.0 Å². The first kappa shape index (κ1) is 16.1. The lowest BCUT2D eigenvalue weighted by Crippen LogP contribution is -2.37. The maximum atomic E-state index is 5.93. The fourth-order valence-electron chi connectivity index (χ4n) is 3.05. The summed E-state index contributed by atoms with van der Waals surface area (Å²) in [6.45, 7) is 5.07. The summed E-state index contributed by atoms with van der Waals surface area (Å²) in [6.07, 6.45) is 6.69. The van der Waals surface area contributed by atoms with Gasteiger partial charge >= 0.3 is 0 Å². The van der Waals surface area contributed by atoms with Gasteiger partial charge in [0.15, 0.2) is 5.82 Å². The number of hydrogen-bond donors (Lipinski definition) is 0. The molecule has 0 amide bonds. The van der Waals surface area contributed by atoms with Crippen LogP contribution in [0, 0.1) is 0 Å². The molecule has 8 heteroatoms. The zero-order valence-corrected chi connectivity index (χ0v) is 14.6. The minimum Gasteiger partial charge on any atom is -0.484 e. The normalized spacial score (nSPS) is 17.4. The molecule has 0 aromatic carbocycles. The van der Waals surface area contributed by atoms with Crippen molar-refractivity contribution in [2.75, 3.05) is 6.54 Å². The van der Waals surface area contributed by atoms with Gasteiger partial charge in [0, 0.05) is 37.5 Å². The van der Waals surface area contributed by atoms with Gasteiger partial charge in [-0.3, -0.25) is 9.88 Å². The van der Waals surface area contributed by atoms with Crippen molar-refractivity contribution in [3.8, 4) is 5.75 Å². The minimum atomic E-state index is 0.178. The number of rotatable bonds is 5. The molecule has 1 atom stereocenters. The van der Waals surface area contributed by atoms with E-state index in [9.17, 15) is 0 Å².